The Balaban J connectivity index is 1.56. The molecule has 3 aromatic rings. The van der Waals surface area contributed by atoms with Crippen molar-refractivity contribution in [3.63, 3.8) is 0 Å². The lowest BCUT2D eigenvalue weighted by molar-refractivity contribution is 0.0696. The standard InChI is InChI=1S/C25H26N4O4/c1-17-7-8-18(2)29(17)23-15-19(9-10-21(23)25(31)32)24(30)27-26-16-20-5-3-4-6-22(20)28-11-13-33-14-12-28/h3-10,15-16H,11-14H2,1-2H3,(H,27,30)(H,31,32)/b26-16+. The van der Waals surface area contributed by atoms with Gasteiger partial charge in [0.05, 0.1) is 30.7 Å². The highest BCUT2D eigenvalue weighted by Crippen LogP contribution is 2.23. The van der Waals surface area contributed by atoms with Crippen LogP contribution in [0.1, 0.15) is 37.7 Å². The van der Waals surface area contributed by atoms with Gasteiger partial charge >= 0.3 is 5.97 Å². The molecule has 1 amide bonds. The number of nitrogens with zero attached hydrogens (tertiary/aromatic N) is 3. The quantitative estimate of drug-likeness (QED) is 0.447. The number of morpholine rings is 1. The zero-order valence-corrected chi connectivity index (χ0v) is 18.6. The number of nitrogens with one attached hydrogen (secondary N) is 1. The van der Waals surface area contributed by atoms with Crippen molar-refractivity contribution < 1.29 is 19.4 Å². The molecule has 0 aliphatic carbocycles. The molecule has 0 bridgehead atoms. The molecule has 1 fully saturated rings. The Morgan fingerprint density at radius 2 is 1.70 bits per heavy atom. The van der Waals surface area contributed by atoms with Crippen molar-refractivity contribution in [1.29, 1.82) is 0 Å². The molecule has 2 aromatic carbocycles. The number of benzene rings is 2. The number of ether oxygens (including phenoxy) is 1. The van der Waals surface area contributed by atoms with Gasteiger partial charge in [-0.15, -0.1) is 0 Å². The van der Waals surface area contributed by atoms with Crippen molar-refractivity contribution in [3.05, 3.63) is 82.7 Å². The molecule has 1 aliphatic heterocycles. The van der Waals surface area contributed by atoms with Crippen LogP contribution in [0.4, 0.5) is 5.69 Å². The number of hydrogen-bond donors (Lipinski definition) is 2. The molecule has 1 aliphatic rings. The molecule has 1 aromatic heterocycles. The second-order valence-corrected chi connectivity index (χ2v) is 7.85. The number of hydrogen-bond acceptors (Lipinski definition) is 5. The van der Waals surface area contributed by atoms with Gasteiger partial charge in [0.25, 0.3) is 5.91 Å². The van der Waals surface area contributed by atoms with Gasteiger partial charge in [-0.25, -0.2) is 10.2 Å². The molecule has 0 unspecified atom stereocenters. The number of anilines is 1. The monoisotopic (exact) mass is 446 g/mol. The van der Waals surface area contributed by atoms with Gasteiger partial charge < -0.3 is 19.3 Å². The third kappa shape index (κ3) is 4.80. The summed E-state index contributed by atoms with van der Waals surface area (Å²) in [5.41, 5.74) is 7.12. The van der Waals surface area contributed by atoms with Crippen LogP contribution in [-0.2, 0) is 4.74 Å². The topological polar surface area (TPSA) is 96.2 Å². The average Bonchev–Trinajstić information content (AvgIpc) is 3.17. The Hall–Kier alpha value is -3.91. The fraction of sp³-hybridized carbons (Fsp3) is 0.240. The lowest BCUT2D eigenvalue weighted by Gasteiger charge is -2.29. The fourth-order valence-electron chi connectivity index (χ4n) is 4.00. The lowest BCUT2D eigenvalue weighted by Crippen LogP contribution is -2.36. The molecule has 8 nitrogen and oxygen atoms in total. The molecular formula is C25H26N4O4. The molecule has 2 N–H and O–H groups in total. The van der Waals surface area contributed by atoms with Crippen molar-refractivity contribution in [2.75, 3.05) is 31.2 Å². The highest BCUT2D eigenvalue weighted by Gasteiger charge is 2.18. The van der Waals surface area contributed by atoms with Gasteiger partial charge in [-0.1, -0.05) is 18.2 Å². The van der Waals surface area contributed by atoms with E-state index in [1.54, 1.807) is 12.3 Å². The normalized spacial score (nSPS) is 13.9. The molecule has 0 spiro atoms. The van der Waals surface area contributed by atoms with E-state index in [-0.39, 0.29) is 5.56 Å². The second kappa shape index (κ2) is 9.70. The van der Waals surface area contributed by atoms with Crippen LogP contribution in [-0.4, -0.2) is 54.1 Å². The molecule has 1 saturated heterocycles. The number of carbonyl (C=O) groups excluding carboxylic acids is 1. The van der Waals surface area contributed by atoms with Crippen LogP contribution in [0.15, 0.2) is 59.7 Å². The molecule has 0 atom stereocenters. The third-order valence-electron chi connectivity index (χ3n) is 5.66. The summed E-state index contributed by atoms with van der Waals surface area (Å²) in [5.74, 6) is -1.47. The SMILES string of the molecule is Cc1ccc(C)n1-c1cc(C(=O)N/N=C/c2ccccc2N2CCOCC2)ccc1C(=O)O. The zero-order valence-electron chi connectivity index (χ0n) is 18.6. The van der Waals surface area contributed by atoms with Crippen molar-refractivity contribution in [2.24, 2.45) is 5.10 Å². The Morgan fingerprint density at radius 1 is 1.00 bits per heavy atom. The van der Waals surface area contributed by atoms with Crippen LogP contribution in [0.3, 0.4) is 0 Å². The van der Waals surface area contributed by atoms with Crippen LogP contribution in [0, 0.1) is 13.8 Å². The Bertz CT molecular complexity index is 1190. The van der Waals surface area contributed by atoms with E-state index in [9.17, 15) is 14.7 Å². The number of para-hydroxylation sites is 1. The van der Waals surface area contributed by atoms with Gasteiger partial charge in [0.1, 0.15) is 0 Å². The van der Waals surface area contributed by atoms with Gasteiger partial charge in [-0.2, -0.15) is 5.10 Å². The molecule has 0 saturated carbocycles. The third-order valence-corrected chi connectivity index (χ3v) is 5.66. The minimum atomic E-state index is -1.05. The molecule has 4 rings (SSSR count). The van der Waals surface area contributed by atoms with Crippen molar-refractivity contribution >= 4 is 23.8 Å². The van der Waals surface area contributed by atoms with Crippen molar-refractivity contribution in [1.82, 2.24) is 9.99 Å². The van der Waals surface area contributed by atoms with Gasteiger partial charge in [-0.3, -0.25) is 4.79 Å². The number of aromatic nitrogens is 1. The maximum absolute atomic E-state index is 12.8. The fourth-order valence-corrected chi connectivity index (χ4v) is 4.00. The predicted molar refractivity (Wildman–Crippen MR) is 127 cm³/mol. The molecular weight excluding hydrogens is 420 g/mol. The largest absolute Gasteiger partial charge is 0.478 e. The first kappa shape index (κ1) is 22.3. The second-order valence-electron chi connectivity index (χ2n) is 7.85. The maximum Gasteiger partial charge on any atom is 0.337 e. The molecule has 170 valence electrons. The summed E-state index contributed by atoms with van der Waals surface area (Å²) < 4.78 is 7.25. The molecule has 8 heteroatoms. The van der Waals surface area contributed by atoms with Gasteiger partial charge in [0.2, 0.25) is 0 Å². The first-order valence-electron chi connectivity index (χ1n) is 10.7. The average molecular weight is 447 g/mol. The molecule has 2 heterocycles. The van der Waals surface area contributed by atoms with Crippen LogP contribution < -0.4 is 10.3 Å². The number of rotatable bonds is 6. The minimum absolute atomic E-state index is 0.122. The van der Waals surface area contributed by atoms with Crippen LogP contribution in [0.25, 0.3) is 5.69 Å². The number of carboxylic acid groups (broad SMARTS) is 1. The summed E-state index contributed by atoms with van der Waals surface area (Å²) in [6.45, 7) is 6.74. The first-order valence-corrected chi connectivity index (χ1v) is 10.7. The van der Waals surface area contributed by atoms with Crippen molar-refractivity contribution in [3.8, 4) is 5.69 Å². The van der Waals surface area contributed by atoms with E-state index in [4.69, 9.17) is 4.74 Å². The highest BCUT2D eigenvalue weighted by atomic mass is 16.5. The number of carbonyl (C=O) groups is 2. The smallest absolute Gasteiger partial charge is 0.337 e. The summed E-state index contributed by atoms with van der Waals surface area (Å²) in [7, 11) is 0. The number of carboxylic acids is 1. The van der Waals surface area contributed by atoms with Gasteiger partial charge in [0.15, 0.2) is 0 Å². The zero-order chi connectivity index (χ0) is 23.4. The number of hydrazone groups is 1. The Kier molecular flexibility index (Phi) is 6.55. The summed E-state index contributed by atoms with van der Waals surface area (Å²) in [6, 6.07) is 16.2. The maximum atomic E-state index is 12.8. The Labute approximate surface area is 192 Å². The number of aromatic carboxylic acids is 1. The molecule has 33 heavy (non-hydrogen) atoms. The minimum Gasteiger partial charge on any atom is -0.478 e. The van der Waals surface area contributed by atoms with E-state index in [1.807, 2.05) is 54.8 Å². The first-order chi connectivity index (χ1) is 16.0. The number of amides is 1. The van der Waals surface area contributed by atoms with Crippen LogP contribution >= 0.6 is 0 Å². The molecule has 0 radical (unpaired) electrons. The summed E-state index contributed by atoms with van der Waals surface area (Å²) in [5, 5.41) is 13.8. The van der Waals surface area contributed by atoms with Crippen LogP contribution in [0.5, 0.6) is 0 Å². The van der Waals surface area contributed by atoms with Crippen molar-refractivity contribution in [2.45, 2.75) is 13.8 Å². The Morgan fingerprint density at radius 3 is 2.39 bits per heavy atom. The highest BCUT2D eigenvalue weighted by molar-refractivity contribution is 5.99. The van der Waals surface area contributed by atoms with E-state index in [0.29, 0.717) is 24.5 Å². The summed E-state index contributed by atoms with van der Waals surface area (Å²) in [4.78, 5) is 26.8. The van der Waals surface area contributed by atoms with Crippen LogP contribution in [0.2, 0.25) is 0 Å². The van der Waals surface area contributed by atoms with E-state index < -0.39 is 11.9 Å². The van der Waals surface area contributed by atoms with Gasteiger partial charge in [-0.05, 0) is 50.2 Å². The predicted octanol–water partition coefficient (Wildman–Crippen LogP) is 3.39. The summed E-state index contributed by atoms with van der Waals surface area (Å²) in [6.07, 6.45) is 1.62. The summed E-state index contributed by atoms with van der Waals surface area (Å²) >= 11 is 0. The van der Waals surface area contributed by atoms with E-state index in [2.05, 4.69) is 15.4 Å². The van der Waals surface area contributed by atoms with Gasteiger partial charge in [0, 0.05) is 41.3 Å². The van der Waals surface area contributed by atoms with E-state index >= 15 is 0 Å². The lowest BCUT2D eigenvalue weighted by atomic mass is 10.1. The van der Waals surface area contributed by atoms with E-state index in [1.165, 1.54) is 12.1 Å². The number of aryl methyl sites for hydroxylation is 2. The van der Waals surface area contributed by atoms with E-state index in [0.717, 1.165) is 35.7 Å².